The SMILES string of the molecule is CC(Nc1c(Cl)cc(F)cc1Br)c1ccc(Cl)c(F)c1. The van der Waals surface area contributed by atoms with Gasteiger partial charge in [0.15, 0.2) is 0 Å². The summed E-state index contributed by atoms with van der Waals surface area (Å²) in [4.78, 5) is 0. The Morgan fingerprint density at radius 1 is 1.10 bits per heavy atom. The monoisotopic (exact) mass is 379 g/mol. The Kier molecular flexibility index (Phi) is 4.89. The molecular formula is C14H10BrCl2F2N. The highest BCUT2D eigenvalue weighted by Gasteiger charge is 2.13. The minimum absolute atomic E-state index is 0.0712. The van der Waals surface area contributed by atoms with Crippen LogP contribution in [0.4, 0.5) is 14.5 Å². The van der Waals surface area contributed by atoms with E-state index in [-0.39, 0.29) is 16.1 Å². The Bertz CT molecular complexity index is 626. The quantitative estimate of drug-likeness (QED) is 0.667. The number of rotatable bonds is 3. The van der Waals surface area contributed by atoms with Crippen molar-refractivity contribution < 1.29 is 8.78 Å². The minimum Gasteiger partial charge on any atom is -0.376 e. The highest BCUT2D eigenvalue weighted by Crippen LogP contribution is 2.34. The normalized spacial score (nSPS) is 12.3. The summed E-state index contributed by atoms with van der Waals surface area (Å²) in [6, 6.07) is 6.86. The molecule has 1 nitrogen and oxygen atoms in total. The second kappa shape index (κ2) is 6.29. The molecule has 0 bridgehead atoms. The van der Waals surface area contributed by atoms with E-state index in [1.807, 2.05) is 6.92 Å². The van der Waals surface area contributed by atoms with Gasteiger partial charge in [-0.3, -0.25) is 0 Å². The first-order valence-electron chi connectivity index (χ1n) is 5.74. The fourth-order valence-electron chi connectivity index (χ4n) is 1.76. The molecule has 6 heteroatoms. The van der Waals surface area contributed by atoms with Gasteiger partial charge < -0.3 is 5.32 Å². The van der Waals surface area contributed by atoms with Crippen molar-refractivity contribution in [1.29, 1.82) is 0 Å². The number of hydrogen-bond donors (Lipinski definition) is 1. The van der Waals surface area contributed by atoms with E-state index < -0.39 is 11.6 Å². The van der Waals surface area contributed by atoms with E-state index in [1.54, 1.807) is 6.07 Å². The lowest BCUT2D eigenvalue weighted by Gasteiger charge is -2.18. The fraction of sp³-hybridized carbons (Fsp3) is 0.143. The first-order valence-corrected chi connectivity index (χ1v) is 7.29. The third-order valence-electron chi connectivity index (χ3n) is 2.81. The summed E-state index contributed by atoms with van der Waals surface area (Å²) < 4.78 is 27.1. The Morgan fingerprint density at radius 2 is 1.80 bits per heavy atom. The predicted molar refractivity (Wildman–Crippen MR) is 82.6 cm³/mol. The number of benzene rings is 2. The highest BCUT2D eigenvalue weighted by atomic mass is 79.9. The van der Waals surface area contributed by atoms with Gasteiger partial charge in [0, 0.05) is 10.5 Å². The molecular weight excluding hydrogens is 371 g/mol. The molecule has 0 fully saturated rings. The van der Waals surface area contributed by atoms with Gasteiger partial charge in [-0.2, -0.15) is 0 Å². The molecule has 0 aliphatic heterocycles. The molecule has 2 aromatic rings. The van der Waals surface area contributed by atoms with E-state index in [2.05, 4.69) is 21.2 Å². The Morgan fingerprint density at radius 3 is 2.40 bits per heavy atom. The van der Waals surface area contributed by atoms with E-state index in [9.17, 15) is 8.78 Å². The largest absolute Gasteiger partial charge is 0.376 e. The lowest BCUT2D eigenvalue weighted by atomic mass is 10.1. The second-order valence-corrected chi connectivity index (χ2v) is 5.95. The standard InChI is InChI=1S/C14H10BrCl2F2N/c1-7(8-2-3-11(16)13(19)4-8)20-14-10(15)5-9(18)6-12(14)17/h2-7,20H,1H3. The fourth-order valence-corrected chi connectivity index (χ4v) is 2.80. The van der Waals surface area contributed by atoms with E-state index in [4.69, 9.17) is 23.2 Å². The van der Waals surface area contributed by atoms with Crippen LogP contribution in [0.3, 0.4) is 0 Å². The second-order valence-electron chi connectivity index (χ2n) is 4.28. The number of halogens is 5. The molecule has 106 valence electrons. The van der Waals surface area contributed by atoms with Crippen molar-refractivity contribution in [2.24, 2.45) is 0 Å². The molecule has 20 heavy (non-hydrogen) atoms. The van der Waals surface area contributed by atoms with Gasteiger partial charge in [-0.05, 0) is 52.7 Å². The molecule has 1 unspecified atom stereocenters. The molecule has 1 atom stereocenters. The van der Waals surface area contributed by atoms with Crippen LogP contribution < -0.4 is 5.32 Å². The highest BCUT2D eigenvalue weighted by molar-refractivity contribution is 9.10. The maximum atomic E-state index is 13.4. The van der Waals surface area contributed by atoms with Crippen LogP contribution in [-0.4, -0.2) is 0 Å². The lowest BCUT2D eigenvalue weighted by Crippen LogP contribution is -2.08. The summed E-state index contributed by atoms with van der Waals surface area (Å²) in [5, 5.41) is 3.43. The van der Waals surface area contributed by atoms with Gasteiger partial charge in [-0.15, -0.1) is 0 Å². The summed E-state index contributed by atoms with van der Waals surface area (Å²) in [6.45, 7) is 1.84. The van der Waals surface area contributed by atoms with Crippen LogP contribution in [0.15, 0.2) is 34.8 Å². The molecule has 0 aliphatic rings. The number of hydrogen-bond acceptors (Lipinski definition) is 1. The van der Waals surface area contributed by atoms with Crippen molar-refractivity contribution in [2.75, 3.05) is 5.32 Å². The zero-order chi connectivity index (χ0) is 14.9. The number of nitrogens with one attached hydrogen (secondary N) is 1. The molecule has 0 spiro atoms. The zero-order valence-electron chi connectivity index (χ0n) is 10.4. The molecule has 0 radical (unpaired) electrons. The smallest absolute Gasteiger partial charge is 0.142 e. The van der Waals surface area contributed by atoms with Crippen molar-refractivity contribution in [3.8, 4) is 0 Å². The Hall–Kier alpha value is -0.840. The van der Waals surface area contributed by atoms with Gasteiger partial charge in [0.1, 0.15) is 11.6 Å². The molecule has 1 N–H and O–H groups in total. The van der Waals surface area contributed by atoms with E-state index in [1.165, 1.54) is 24.3 Å². The van der Waals surface area contributed by atoms with E-state index >= 15 is 0 Å². The molecule has 2 rings (SSSR count). The van der Waals surface area contributed by atoms with Gasteiger partial charge in [-0.25, -0.2) is 8.78 Å². The van der Waals surface area contributed by atoms with E-state index in [0.29, 0.717) is 15.7 Å². The lowest BCUT2D eigenvalue weighted by molar-refractivity contribution is 0.624. The van der Waals surface area contributed by atoms with Gasteiger partial charge in [0.2, 0.25) is 0 Å². The summed E-state index contributed by atoms with van der Waals surface area (Å²) in [6.07, 6.45) is 0. The molecule has 2 aromatic carbocycles. The van der Waals surface area contributed by atoms with Crippen LogP contribution in [-0.2, 0) is 0 Å². The van der Waals surface area contributed by atoms with Gasteiger partial charge in [-0.1, -0.05) is 29.3 Å². The van der Waals surface area contributed by atoms with Crippen molar-refractivity contribution in [3.63, 3.8) is 0 Å². The van der Waals surface area contributed by atoms with E-state index in [0.717, 1.165) is 0 Å². The maximum absolute atomic E-state index is 13.4. The Labute approximate surface area is 134 Å². The average Bonchev–Trinajstić information content (AvgIpc) is 2.36. The summed E-state index contributed by atoms with van der Waals surface area (Å²) >= 11 is 14.9. The number of anilines is 1. The molecule has 0 heterocycles. The van der Waals surface area contributed by atoms with Gasteiger partial charge in [0.05, 0.1) is 15.7 Å². The Balaban J connectivity index is 2.27. The molecule has 0 saturated heterocycles. The predicted octanol–water partition coefficient (Wildman–Crippen LogP) is 6.21. The van der Waals surface area contributed by atoms with Crippen molar-refractivity contribution in [1.82, 2.24) is 0 Å². The van der Waals surface area contributed by atoms with Crippen LogP contribution in [0.25, 0.3) is 0 Å². The van der Waals surface area contributed by atoms with Crippen LogP contribution >= 0.6 is 39.1 Å². The third-order valence-corrected chi connectivity index (χ3v) is 4.04. The van der Waals surface area contributed by atoms with Crippen LogP contribution in [0, 0.1) is 11.6 Å². The van der Waals surface area contributed by atoms with Gasteiger partial charge >= 0.3 is 0 Å². The maximum Gasteiger partial charge on any atom is 0.142 e. The summed E-state index contributed by atoms with van der Waals surface area (Å²) in [5.41, 5.74) is 1.26. The van der Waals surface area contributed by atoms with Crippen molar-refractivity contribution in [3.05, 3.63) is 62.0 Å². The van der Waals surface area contributed by atoms with Crippen LogP contribution in [0.5, 0.6) is 0 Å². The van der Waals surface area contributed by atoms with Crippen molar-refractivity contribution in [2.45, 2.75) is 13.0 Å². The first-order chi connectivity index (χ1) is 9.38. The first kappa shape index (κ1) is 15.5. The molecule has 0 saturated carbocycles. The molecule has 0 amide bonds. The van der Waals surface area contributed by atoms with Crippen LogP contribution in [0.2, 0.25) is 10.0 Å². The summed E-state index contributed by atoms with van der Waals surface area (Å²) in [7, 11) is 0. The van der Waals surface area contributed by atoms with Gasteiger partial charge in [0.25, 0.3) is 0 Å². The van der Waals surface area contributed by atoms with Crippen molar-refractivity contribution >= 4 is 44.8 Å². The zero-order valence-corrected chi connectivity index (χ0v) is 13.5. The average molecular weight is 381 g/mol. The third kappa shape index (κ3) is 3.43. The minimum atomic E-state index is -0.484. The molecule has 0 aromatic heterocycles. The molecule has 0 aliphatic carbocycles. The summed E-state index contributed by atoms with van der Waals surface area (Å²) in [5.74, 6) is -0.917. The topological polar surface area (TPSA) is 12.0 Å². The van der Waals surface area contributed by atoms with Crippen LogP contribution in [0.1, 0.15) is 18.5 Å².